The number of esters is 1. The number of ether oxygens (including phenoxy) is 2. The number of nitrogens with one attached hydrogen (secondary N) is 1. The Hall–Kier alpha value is -3.36. The third kappa shape index (κ3) is 4.59. The highest BCUT2D eigenvalue weighted by molar-refractivity contribution is 7.15. The molecule has 1 heterocycles. The maximum Gasteiger partial charge on any atom is 0.341 e. The number of rotatable bonds is 7. The molecule has 1 amide bonds. The monoisotopic (exact) mass is 369 g/mol. The number of anilines is 1. The van der Waals surface area contributed by atoms with Crippen molar-refractivity contribution in [3.63, 3.8) is 0 Å². The normalized spacial score (nSPS) is 9.65. The van der Waals surface area contributed by atoms with E-state index in [-0.39, 0.29) is 25.2 Å². The Labute approximate surface area is 154 Å². The summed E-state index contributed by atoms with van der Waals surface area (Å²) < 4.78 is 10.3. The molecule has 0 unspecified atom stereocenters. The quantitative estimate of drug-likeness (QED) is 0.749. The summed E-state index contributed by atoms with van der Waals surface area (Å²) in [5.74, 6) is -0.515. The predicted octanol–water partition coefficient (Wildman–Crippen LogP) is 3.35. The van der Waals surface area contributed by atoms with Crippen molar-refractivity contribution in [2.24, 2.45) is 0 Å². The smallest absolute Gasteiger partial charge is 0.341 e. The van der Waals surface area contributed by atoms with Gasteiger partial charge in [0.05, 0.1) is 12.7 Å². The van der Waals surface area contributed by atoms with E-state index in [0.29, 0.717) is 16.3 Å². The zero-order valence-corrected chi connectivity index (χ0v) is 14.8. The zero-order valence-electron chi connectivity index (χ0n) is 13.9. The van der Waals surface area contributed by atoms with E-state index in [1.165, 1.54) is 11.3 Å². The van der Waals surface area contributed by atoms with Crippen molar-refractivity contribution >= 4 is 28.2 Å². The van der Waals surface area contributed by atoms with Crippen LogP contribution < -0.4 is 10.1 Å². The molecule has 2 aromatic rings. The highest BCUT2D eigenvalue weighted by Crippen LogP contribution is 2.36. The van der Waals surface area contributed by atoms with Crippen molar-refractivity contribution in [2.45, 2.75) is 13.3 Å². The maximum atomic E-state index is 12.4. The van der Waals surface area contributed by atoms with Crippen LogP contribution in [0.15, 0.2) is 29.6 Å². The Bertz CT molecular complexity index is 875. The van der Waals surface area contributed by atoms with Crippen LogP contribution in [0.1, 0.15) is 23.7 Å². The van der Waals surface area contributed by atoms with Gasteiger partial charge >= 0.3 is 5.97 Å². The molecule has 0 fully saturated rings. The molecule has 0 saturated heterocycles. The SMILES string of the molecule is CCOC(=O)c1c(-c2ccc(OCC#N)cc2)csc1NC(=O)CC#N. The predicted molar refractivity (Wildman–Crippen MR) is 95.7 cm³/mol. The van der Waals surface area contributed by atoms with Gasteiger partial charge in [-0.05, 0) is 24.6 Å². The molecule has 1 N–H and O–H groups in total. The molecule has 0 bridgehead atoms. The zero-order chi connectivity index (χ0) is 18.9. The van der Waals surface area contributed by atoms with Crippen molar-refractivity contribution in [1.29, 1.82) is 10.5 Å². The highest BCUT2D eigenvalue weighted by atomic mass is 32.1. The Morgan fingerprint density at radius 2 is 1.92 bits per heavy atom. The second-order valence-corrected chi connectivity index (χ2v) is 5.81. The molecule has 0 radical (unpaired) electrons. The number of hydrogen-bond donors (Lipinski definition) is 1. The molecule has 0 atom stereocenters. The molecule has 0 aliphatic heterocycles. The Morgan fingerprint density at radius 1 is 1.19 bits per heavy atom. The Balaban J connectivity index is 2.37. The van der Waals surface area contributed by atoms with Gasteiger partial charge in [0.2, 0.25) is 5.91 Å². The molecule has 2 rings (SSSR count). The van der Waals surface area contributed by atoms with E-state index in [0.717, 1.165) is 5.56 Å². The van der Waals surface area contributed by atoms with Gasteiger partial charge in [-0.2, -0.15) is 10.5 Å². The number of carbonyl (C=O) groups excluding carboxylic acids is 2. The van der Waals surface area contributed by atoms with E-state index in [4.69, 9.17) is 20.0 Å². The lowest BCUT2D eigenvalue weighted by Gasteiger charge is -2.08. The standard InChI is InChI=1S/C18H15N3O4S/c1-2-24-18(23)16-14(11-26-17(16)21-15(22)7-8-19)12-3-5-13(6-4-12)25-10-9-20/h3-6,11H,2,7,10H2,1H3,(H,21,22). The van der Waals surface area contributed by atoms with Crippen molar-refractivity contribution in [1.82, 2.24) is 0 Å². The minimum atomic E-state index is -0.555. The molecular weight excluding hydrogens is 354 g/mol. The summed E-state index contributed by atoms with van der Waals surface area (Å²) >= 11 is 1.18. The van der Waals surface area contributed by atoms with E-state index in [1.807, 2.05) is 6.07 Å². The van der Waals surface area contributed by atoms with E-state index in [1.54, 1.807) is 42.6 Å². The molecule has 0 aliphatic carbocycles. The molecule has 0 saturated carbocycles. The number of nitrogens with zero attached hydrogens (tertiary/aromatic N) is 2. The average molecular weight is 369 g/mol. The largest absolute Gasteiger partial charge is 0.479 e. The Kier molecular flexibility index (Phi) is 6.72. The van der Waals surface area contributed by atoms with Gasteiger partial charge in [0.1, 0.15) is 28.8 Å². The lowest BCUT2D eigenvalue weighted by Crippen LogP contribution is -2.13. The number of thiophene rings is 1. The van der Waals surface area contributed by atoms with Crippen molar-refractivity contribution in [2.75, 3.05) is 18.5 Å². The molecule has 1 aromatic heterocycles. The van der Waals surface area contributed by atoms with Gasteiger partial charge < -0.3 is 14.8 Å². The van der Waals surface area contributed by atoms with E-state index < -0.39 is 11.9 Å². The van der Waals surface area contributed by atoms with E-state index >= 15 is 0 Å². The maximum absolute atomic E-state index is 12.4. The summed E-state index contributed by atoms with van der Waals surface area (Å²) in [6, 6.07) is 10.5. The average Bonchev–Trinajstić information content (AvgIpc) is 3.04. The van der Waals surface area contributed by atoms with E-state index in [9.17, 15) is 9.59 Å². The fourth-order valence-corrected chi connectivity index (χ4v) is 3.13. The molecule has 132 valence electrons. The van der Waals surface area contributed by atoms with Crippen molar-refractivity contribution in [3.05, 3.63) is 35.2 Å². The second kappa shape index (κ2) is 9.21. The minimum absolute atomic E-state index is 0.0546. The van der Waals surface area contributed by atoms with Crippen LogP contribution in [0.5, 0.6) is 5.75 Å². The molecule has 7 nitrogen and oxygen atoms in total. The van der Waals surface area contributed by atoms with Gasteiger partial charge in [-0.3, -0.25) is 4.79 Å². The van der Waals surface area contributed by atoms with Crippen LogP contribution in [-0.2, 0) is 9.53 Å². The number of hydrogen-bond acceptors (Lipinski definition) is 7. The topological polar surface area (TPSA) is 112 Å². The summed E-state index contributed by atoms with van der Waals surface area (Å²) in [6.45, 7) is 1.83. The minimum Gasteiger partial charge on any atom is -0.479 e. The van der Waals surface area contributed by atoms with Crippen LogP contribution in [0.4, 0.5) is 5.00 Å². The van der Waals surface area contributed by atoms with Crippen LogP contribution in [0.25, 0.3) is 11.1 Å². The first-order chi connectivity index (χ1) is 12.6. The molecular formula is C18H15N3O4S. The van der Waals surface area contributed by atoms with Gasteiger partial charge in [-0.1, -0.05) is 12.1 Å². The van der Waals surface area contributed by atoms with Crippen LogP contribution >= 0.6 is 11.3 Å². The van der Waals surface area contributed by atoms with Crippen molar-refractivity contribution < 1.29 is 19.1 Å². The molecule has 0 spiro atoms. The molecule has 0 aliphatic rings. The highest BCUT2D eigenvalue weighted by Gasteiger charge is 2.22. The summed E-state index contributed by atoms with van der Waals surface area (Å²) in [7, 11) is 0. The summed E-state index contributed by atoms with van der Waals surface area (Å²) in [6.07, 6.45) is -0.305. The fourth-order valence-electron chi connectivity index (χ4n) is 2.16. The number of carbonyl (C=O) groups is 2. The third-order valence-corrected chi connectivity index (χ3v) is 4.13. The number of nitriles is 2. The van der Waals surface area contributed by atoms with Crippen LogP contribution in [0, 0.1) is 22.7 Å². The Morgan fingerprint density at radius 3 is 2.54 bits per heavy atom. The molecule has 8 heteroatoms. The first kappa shape index (κ1) is 19.0. The molecule has 26 heavy (non-hydrogen) atoms. The first-order valence-electron chi connectivity index (χ1n) is 7.66. The first-order valence-corrected chi connectivity index (χ1v) is 8.54. The lowest BCUT2D eigenvalue weighted by atomic mass is 10.0. The van der Waals surface area contributed by atoms with Crippen LogP contribution in [0.2, 0.25) is 0 Å². The van der Waals surface area contributed by atoms with Gasteiger partial charge in [-0.25, -0.2) is 4.79 Å². The van der Waals surface area contributed by atoms with Crippen LogP contribution in [0.3, 0.4) is 0 Å². The van der Waals surface area contributed by atoms with E-state index in [2.05, 4.69) is 5.32 Å². The number of benzene rings is 1. The summed E-state index contributed by atoms with van der Waals surface area (Å²) in [5, 5.41) is 21.8. The van der Waals surface area contributed by atoms with Gasteiger partial charge in [0.15, 0.2) is 6.61 Å². The summed E-state index contributed by atoms with van der Waals surface area (Å²) in [4.78, 5) is 24.1. The number of amides is 1. The lowest BCUT2D eigenvalue weighted by molar-refractivity contribution is -0.115. The summed E-state index contributed by atoms with van der Waals surface area (Å²) in [5.41, 5.74) is 1.58. The molecule has 1 aromatic carbocycles. The second-order valence-electron chi connectivity index (χ2n) is 4.93. The van der Waals surface area contributed by atoms with Gasteiger partial charge in [-0.15, -0.1) is 11.3 Å². The fraction of sp³-hybridized carbons (Fsp3) is 0.222. The van der Waals surface area contributed by atoms with Gasteiger partial charge in [0.25, 0.3) is 0 Å². The van der Waals surface area contributed by atoms with Crippen molar-refractivity contribution in [3.8, 4) is 29.0 Å². The van der Waals surface area contributed by atoms with Crippen LogP contribution in [-0.4, -0.2) is 25.1 Å². The third-order valence-electron chi connectivity index (χ3n) is 3.23. The van der Waals surface area contributed by atoms with Gasteiger partial charge in [0, 0.05) is 10.9 Å².